The SMILES string of the molecule is COC(=O)CSCCCC(F)(F)C(F)(F)C(F)(F)F. The molecule has 0 heterocycles. The summed E-state index contributed by atoms with van der Waals surface area (Å²) in [6.07, 6.45) is -8.50. The van der Waals surface area contributed by atoms with Crippen molar-refractivity contribution in [3.8, 4) is 0 Å². The lowest BCUT2D eigenvalue weighted by Crippen LogP contribution is -2.51. The molecule has 0 spiro atoms. The molecule has 0 saturated heterocycles. The van der Waals surface area contributed by atoms with E-state index in [1.165, 1.54) is 0 Å². The average molecular weight is 316 g/mol. The molecule has 0 bridgehead atoms. The number of methoxy groups -OCH3 is 1. The van der Waals surface area contributed by atoms with Crippen molar-refractivity contribution in [3.63, 3.8) is 0 Å². The Bertz CT molecular complexity index is 303. The van der Waals surface area contributed by atoms with Gasteiger partial charge in [-0.2, -0.15) is 42.5 Å². The molecule has 0 aliphatic rings. The molecule has 0 aliphatic carbocycles. The molecule has 0 unspecified atom stereocenters. The van der Waals surface area contributed by atoms with Gasteiger partial charge in [-0.05, 0) is 12.2 Å². The molecule has 0 amide bonds. The fourth-order valence-corrected chi connectivity index (χ4v) is 1.75. The van der Waals surface area contributed by atoms with Crippen molar-refractivity contribution in [1.29, 1.82) is 0 Å². The average Bonchev–Trinajstić information content (AvgIpc) is 2.26. The lowest BCUT2D eigenvalue weighted by atomic mass is 10.1. The number of hydrogen-bond acceptors (Lipinski definition) is 3. The summed E-state index contributed by atoms with van der Waals surface area (Å²) < 4.78 is 89.9. The van der Waals surface area contributed by atoms with Gasteiger partial charge in [0.1, 0.15) is 0 Å². The lowest BCUT2D eigenvalue weighted by molar-refractivity contribution is -0.355. The summed E-state index contributed by atoms with van der Waals surface area (Å²) in [6.45, 7) is 0. The van der Waals surface area contributed by atoms with Crippen molar-refractivity contribution in [1.82, 2.24) is 0 Å². The largest absolute Gasteiger partial charge is 0.468 e. The number of ether oxygens (including phenoxy) is 1. The monoisotopic (exact) mass is 316 g/mol. The molecule has 0 rings (SSSR count). The first-order chi connectivity index (χ1) is 8.45. The summed E-state index contributed by atoms with van der Waals surface area (Å²) in [7, 11) is 1.10. The Hall–Kier alpha value is -0.670. The fraction of sp³-hybridized carbons (Fsp3) is 0.889. The summed E-state index contributed by atoms with van der Waals surface area (Å²) in [5.74, 6) is -12.2. The summed E-state index contributed by atoms with van der Waals surface area (Å²) in [5.41, 5.74) is 0. The van der Waals surface area contributed by atoms with Crippen LogP contribution in [0.15, 0.2) is 0 Å². The van der Waals surface area contributed by atoms with Crippen LogP contribution in [0.25, 0.3) is 0 Å². The van der Waals surface area contributed by atoms with Crippen molar-refractivity contribution in [2.75, 3.05) is 18.6 Å². The molecule has 10 heteroatoms. The van der Waals surface area contributed by atoms with Gasteiger partial charge in [0, 0.05) is 6.42 Å². The van der Waals surface area contributed by atoms with Gasteiger partial charge in [-0.15, -0.1) is 0 Å². The second kappa shape index (κ2) is 6.67. The molecule has 0 atom stereocenters. The van der Waals surface area contributed by atoms with E-state index >= 15 is 0 Å². The molecule has 19 heavy (non-hydrogen) atoms. The van der Waals surface area contributed by atoms with Crippen LogP contribution >= 0.6 is 11.8 Å². The van der Waals surface area contributed by atoms with E-state index < -0.39 is 36.8 Å². The van der Waals surface area contributed by atoms with Gasteiger partial charge < -0.3 is 4.74 Å². The highest BCUT2D eigenvalue weighted by Gasteiger charge is 2.72. The predicted molar refractivity (Wildman–Crippen MR) is 54.5 cm³/mol. The molecule has 0 aromatic heterocycles. The smallest absolute Gasteiger partial charge is 0.459 e. The number of esters is 1. The molecule has 2 nitrogen and oxygen atoms in total. The first-order valence-electron chi connectivity index (χ1n) is 4.92. The van der Waals surface area contributed by atoms with E-state index in [1.807, 2.05) is 0 Å². The molecule has 0 aromatic carbocycles. The molecule has 0 aliphatic heterocycles. The quantitative estimate of drug-likeness (QED) is 0.408. The van der Waals surface area contributed by atoms with E-state index in [0.29, 0.717) is 0 Å². The minimum Gasteiger partial charge on any atom is -0.468 e. The van der Waals surface area contributed by atoms with E-state index in [1.54, 1.807) is 0 Å². The first-order valence-corrected chi connectivity index (χ1v) is 6.08. The van der Waals surface area contributed by atoms with Crippen LogP contribution in [0.4, 0.5) is 30.7 Å². The molecular weight excluding hydrogens is 305 g/mol. The van der Waals surface area contributed by atoms with Crippen LogP contribution in [0, 0.1) is 0 Å². The van der Waals surface area contributed by atoms with Crippen LogP contribution in [-0.4, -0.2) is 42.6 Å². The third-order valence-electron chi connectivity index (χ3n) is 2.04. The molecule has 0 radical (unpaired) electrons. The highest BCUT2D eigenvalue weighted by Crippen LogP contribution is 2.48. The zero-order valence-electron chi connectivity index (χ0n) is 9.70. The maximum absolute atomic E-state index is 12.8. The molecule has 0 fully saturated rings. The van der Waals surface area contributed by atoms with Crippen molar-refractivity contribution in [3.05, 3.63) is 0 Å². The van der Waals surface area contributed by atoms with Crippen molar-refractivity contribution < 1.29 is 40.3 Å². The fourth-order valence-electron chi connectivity index (χ4n) is 0.975. The van der Waals surface area contributed by atoms with Crippen molar-refractivity contribution >= 4 is 17.7 Å². The highest BCUT2D eigenvalue weighted by atomic mass is 32.2. The van der Waals surface area contributed by atoms with Crippen LogP contribution in [-0.2, 0) is 9.53 Å². The van der Waals surface area contributed by atoms with E-state index in [2.05, 4.69) is 4.74 Å². The maximum Gasteiger partial charge on any atom is 0.459 e. The van der Waals surface area contributed by atoms with Gasteiger partial charge in [0.15, 0.2) is 0 Å². The zero-order valence-corrected chi connectivity index (χ0v) is 10.5. The minimum absolute atomic E-state index is 0.154. The Labute approximate surface area is 108 Å². The van der Waals surface area contributed by atoms with E-state index in [9.17, 15) is 35.5 Å². The number of hydrogen-bond donors (Lipinski definition) is 0. The van der Waals surface area contributed by atoms with Gasteiger partial charge in [-0.3, -0.25) is 4.79 Å². The van der Waals surface area contributed by atoms with Gasteiger partial charge in [0.2, 0.25) is 0 Å². The van der Waals surface area contributed by atoms with Crippen LogP contribution in [0.3, 0.4) is 0 Å². The molecule has 114 valence electrons. The number of carbonyl (C=O) groups is 1. The topological polar surface area (TPSA) is 26.3 Å². The van der Waals surface area contributed by atoms with Gasteiger partial charge in [-0.1, -0.05) is 0 Å². The summed E-state index contributed by atoms with van der Waals surface area (Å²) in [6, 6.07) is 0. The summed E-state index contributed by atoms with van der Waals surface area (Å²) >= 11 is 0.811. The van der Waals surface area contributed by atoms with Crippen molar-refractivity contribution in [2.24, 2.45) is 0 Å². The summed E-state index contributed by atoms with van der Waals surface area (Å²) in [5, 5.41) is 0. The normalized spacial score (nSPS) is 13.5. The van der Waals surface area contributed by atoms with E-state index in [0.717, 1.165) is 18.9 Å². The molecule has 0 N–H and O–H groups in total. The van der Waals surface area contributed by atoms with Crippen LogP contribution in [0.1, 0.15) is 12.8 Å². The second-order valence-corrected chi connectivity index (χ2v) is 4.61. The minimum atomic E-state index is -6.30. The Kier molecular flexibility index (Phi) is 6.43. The van der Waals surface area contributed by atoms with Crippen LogP contribution in [0.5, 0.6) is 0 Å². The Morgan fingerprint density at radius 3 is 2.05 bits per heavy atom. The number of rotatable bonds is 7. The first kappa shape index (κ1) is 18.3. The zero-order chi connectivity index (χ0) is 15.3. The second-order valence-electron chi connectivity index (χ2n) is 3.51. The molecule has 0 aromatic rings. The van der Waals surface area contributed by atoms with Gasteiger partial charge in [-0.25, -0.2) is 0 Å². The van der Waals surface area contributed by atoms with Crippen molar-refractivity contribution in [2.45, 2.75) is 30.9 Å². The third-order valence-corrected chi connectivity index (χ3v) is 3.06. The Morgan fingerprint density at radius 1 is 1.11 bits per heavy atom. The number of alkyl halides is 7. The Balaban J connectivity index is 4.21. The lowest BCUT2D eigenvalue weighted by Gasteiger charge is -2.28. The molecule has 0 saturated carbocycles. The highest BCUT2D eigenvalue weighted by molar-refractivity contribution is 7.99. The van der Waals surface area contributed by atoms with E-state index in [-0.39, 0.29) is 11.5 Å². The van der Waals surface area contributed by atoms with Gasteiger partial charge in [0.05, 0.1) is 12.9 Å². The van der Waals surface area contributed by atoms with Crippen LogP contribution in [0.2, 0.25) is 0 Å². The Morgan fingerprint density at radius 2 is 1.63 bits per heavy atom. The third kappa shape index (κ3) is 5.07. The standard InChI is InChI=1S/C9H11F7O2S/c1-18-6(17)5-19-4-2-3-7(10,11)8(12,13)9(14,15)16/h2-5H2,1H3. The number of halogens is 7. The van der Waals surface area contributed by atoms with Gasteiger partial charge >= 0.3 is 24.0 Å². The summed E-state index contributed by atoms with van der Waals surface area (Å²) in [4.78, 5) is 10.6. The number of carbonyl (C=O) groups excluding carboxylic acids is 1. The van der Waals surface area contributed by atoms with E-state index in [4.69, 9.17) is 0 Å². The molecular formula is C9H11F7O2S. The van der Waals surface area contributed by atoms with Gasteiger partial charge in [0.25, 0.3) is 0 Å². The maximum atomic E-state index is 12.8. The number of thioether (sulfide) groups is 1. The predicted octanol–water partition coefficient (Wildman–Crippen LogP) is 3.51. The van der Waals surface area contributed by atoms with Crippen LogP contribution < -0.4 is 0 Å².